The molecule has 1 unspecified atom stereocenters. The van der Waals surface area contributed by atoms with Gasteiger partial charge in [-0.05, 0) is 50.7 Å². The molecule has 0 saturated heterocycles. The van der Waals surface area contributed by atoms with Gasteiger partial charge >= 0.3 is 6.03 Å². The third-order valence-corrected chi connectivity index (χ3v) is 5.15. The van der Waals surface area contributed by atoms with E-state index in [1.54, 1.807) is 11.3 Å². The number of urea groups is 1. The van der Waals surface area contributed by atoms with Crippen LogP contribution < -0.4 is 10.6 Å². The molecule has 2 N–H and O–H groups in total. The van der Waals surface area contributed by atoms with Crippen molar-refractivity contribution in [1.82, 2.24) is 15.6 Å². The molecule has 1 heterocycles. The SMILES string of the molecule is Cc1nc(CNC(=O)NC(C)c2cccc(C3CC3)c2)c(C)s1. The van der Waals surface area contributed by atoms with Gasteiger partial charge in [-0.3, -0.25) is 0 Å². The van der Waals surface area contributed by atoms with Crippen LogP contribution in [0.5, 0.6) is 0 Å². The van der Waals surface area contributed by atoms with Crippen molar-refractivity contribution < 1.29 is 4.79 Å². The highest BCUT2D eigenvalue weighted by Crippen LogP contribution is 2.40. The van der Waals surface area contributed by atoms with E-state index in [9.17, 15) is 4.79 Å². The van der Waals surface area contributed by atoms with Crippen molar-refractivity contribution in [3.8, 4) is 0 Å². The molecule has 1 aromatic carbocycles. The third kappa shape index (κ3) is 4.10. The minimum atomic E-state index is -0.153. The van der Waals surface area contributed by atoms with Crippen LogP contribution in [-0.2, 0) is 6.54 Å². The van der Waals surface area contributed by atoms with E-state index < -0.39 is 0 Å². The smallest absolute Gasteiger partial charge is 0.315 e. The lowest BCUT2D eigenvalue weighted by Gasteiger charge is -2.16. The van der Waals surface area contributed by atoms with Gasteiger partial charge in [0, 0.05) is 4.88 Å². The Hall–Kier alpha value is -1.88. The molecule has 3 rings (SSSR count). The highest BCUT2D eigenvalue weighted by molar-refractivity contribution is 7.11. The van der Waals surface area contributed by atoms with Crippen LogP contribution in [0.1, 0.15) is 58.4 Å². The summed E-state index contributed by atoms with van der Waals surface area (Å²) < 4.78 is 0. The molecule has 0 spiro atoms. The first-order valence-electron chi connectivity index (χ1n) is 8.10. The number of nitrogens with one attached hydrogen (secondary N) is 2. The minimum absolute atomic E-state index is 0.00744. The summed E-state index contributed by atoms with van der Waals surface area (Å²) in [6.07, 6.45) is 2.58. The van der Waals surface area contributed by atoms with E-state index in [-0.39, 0.29) is 12.1 Å². The maximum absolute atomic E-state index is 12.1. The Morgan fingerprint density at radius 2 is 2.17 bits per heavy atom. The van der Waals surface area contributed by atoms with Crippen LogP contribution in [0.25, 0.3) is 0 Å². The molecule has 0 aliphatic heterocycles. The summed E-state index contributed by atoms with van der Waals surface area (Å²) in [5, 5.41) is 6.93. The lowest BCUT2D eigenvalue weighted by molar-refractivity contribution is 0.237. The first-order valence-corrected chi connectivity index (χ1v) is 8.91. The van der Waals surface area contributed by atoms with Crippen LogP contribution in [0.15, 0.2) is 24.3 Å². The zero-order valence-electron chi connectivity index (χ0n) is 13.8. The second-order valence-corrected chi connectivity index (χ2v) is 7.64. The number of carbonyl (C=O) groups excluding carboxylic acids is 1. The molecule has 1 aliphatic rings. The van der Waals surface area contributed by atoms with Gasteiger partial charge in [0.25, 0.3) is 0 Å². The summed E-state index contributed by atoms with van der Waals surface area (Å²) in [7, 11) is 0. The fourth-order valence-electron chi connectivity index (χ4n) is 2.73. The highest BCUT2D eigenvalue weighted by atomic mass is 32.1. The van der Waals surface area contributed by atoms with Gasteiger partial charge < -0.3 is 10.6 Å². The predicted molar refractivity (Wildman–Crippen MR) is 93.8 cm³/mol. The predicted octanol–water partition coefficient (Wildman–Crippen LogP) is 4.20. The summed E-state index contributed by atoms with van der Waals surface area (Å²) in [5.41, 5.74) is 3.50. The number of nitrogens with zero attached hydrogens (tertiary/aromatic N) is 1. The highest BCUT2D eigenvalue weighted by Gasteiger charge is 2.24. The number of amides is 2. The third-order valence-electron chi connectivity index (χ3n) is 4.22. The van der Waals surface area contributed by atoms with E-state index in [4.69, 9.17) is 0 Å². The molecule has 1 saturated carbocycles. The Balaban J connectivity index is 1.54. The minimum Gasteiger partial charge on any atom is -0.332 e. The zero-order chi connectivity index (χ0) is 16.4. The fraction of sp³-hybridized carbons (Fsp3) is 0.444. The fourth-order valence-corrected chi connectivity index (χ4v) is 3.56. The van der Waals surface area contributed by atoms with Crippen LogP contribution in [-0.4, -0.2) is 11.0 Å². The van der Waals surface area contributed by atoms with Gasteiger partial charge in [0.05, 0.1) is 23.3 Å². The van der Waals surface area contributed by atoms with E-state index in [2.05, 4.69) is 39.9 Å². The summed E-state index contributed by atoms with van der Waals surface area (Å²) in [5.74, 6) is 0.729. The molecule has 1 aromatic heterocycles. The average molecular weight is 329 g/mol. The van der Waals surface area contributed by atoms with E-state index in [0.29, 0.717) is 6.54 Å². The molecule has 0 bridgehead atoms. The van der Waals surface area contributed by atoms with Gasteiger partial charge in [0.2, 0.25) is 0 Å². The molecule has 1 aliphatic carbocycles. The second kappa shape index (κ2) is 6.71. The number of hydrogen-bond donors (Lipinski definition) is 2. The normalized spacial score (nSPS) is 15.3. The first kappa shape index (κ1) is 16.0. The van der Waals surface area contributed by atoms with Crippen LogP contribution in [0.2, 0.25) is 0 Å². The maximum atomic E-state index is 12.1. The number of hydrogen-bond acceptors (Lipinski definition) is 3. The van der Waals surface area contributed by atoms with Gasteiger partial charge in [-0.2, -0.15) is 0 Å². The van der Waals surface area contributed by atoms with Crippen LogP contribution in [0, 0.1) is 13.8 Å². The molecule has 2 aromatic rings. The van der Waals surface area contributed by atoms with Gasteiger partial charge in [0.1, 0.15) is 0 Å². The lowest BCUT2D eigenvalue weighted by atomic mass is 10.0. The van der Waals surface area contributed by atoms with Crippen LogP contribution in [0.4, 0.5) is 4.79 Å². The number of thiazole rings is 1. The van der Waals surface area contributed by atoms with E-state index in [1.165, 1.54) is 18.4 Å². The molecular weight excluding hydrogens is 306 g/mol. The molecular formula is C18H23N3OS. The van der Waals surface area contributed by atoms with Crippen LogP contribution >= 0.6 is 11.3 Å². The Kier molecular flexibility index (Phi) is 4.66. The summed E-state index contributed by atoms with van der Waals surface area (Å²) >= 11 is 1.66. The number of rotatable bonds is 5. The van der Waals surface area contributed by atoms with Gasteiger partial charge in [0.15, 0.2) is 0 Å². The molecule has 2 amide bonds. The number of carbonyl (C=O) groups is 1. The van der Waals surface area contributed by atoms with Gasteiger partial charge in [-0.1, -0.05) is 24.3 Å². The standard InChI is InChI=1S/C18H23N3OS/c1-11(15-5-4-6-16(9-15)14-7-8-14)20-18(22)19-10-17-12(2)23-13(3)21-17/h4-6,9,11,14H,7-8,10H2,1-3H3,(H2,19,20,22). The molecule has 0 radical (unpaired) electrons. The first-order chi connectivity index (χ1) is 11.0. The molecule has 23 heavy (non-hydrogen) atoms. The van der Waals surface area contributed by atoms with E-state index in [1.807, 2.05) is 20.8 Å². The Labute approximate surface area is 141 Å². The van der Waals surface area contributed by atoms with Crippen molar-refractivity contribution >= 4 is 17.4 Å². The van der Waals surface area contributed by atoms with Crippen molar-refractivity contribution in [3.05, 3.63) is 51.0 Å². The number of aromatic nitrogens is 1. The van der Waals surface area contributed by atoms with E-state index >= 15 is 0 Å². The molecule has 4 nitrogen and oxygen atoms in total. The second-order valence-electron chi connectivity index (χ2n) is 6.23. The summed E-state index contributed by atoms with van der Waals surface area (Å²) in [4.78, 5) is 17.7. The monoisotopic (exact) mass is 329 g/mol. The van der Waals surface area contributed by atoms with Crippen molar-refractivity contribution in [2.45, 2.75) is 52.1 Å². The molecule has 122 valence electrons. The van der Waals surface area contributed by atoms with Crippen molar-refractivity contribution in [1.29, 1.82) is 0 Å². The van der Waals surface area contributed by atoms with Crippen molar-refractivity contribution in [2.24, 2.45) is 0 Å². The van der Waals surface area contributed by atoms with Crippen molar-refractivity contribution in [2.75, 3.05) is 0 Å². The molecule has 5 heteroatoms. The quantitative estimate of drug-likeness (QED) is 0.864. The van der Waals surface area contributed by atoms with Gasteiger partial charge in [-0.15, -0.1) is 11.3 Å². The Bertz CT molecular complexity index is 706. The number of benzene rings is 1. The maximum Gasteiger partial charge on any atom is 0.315 e. The molecule has 1 fully saturated rings. The summed E-state index contributed by atoms with van der Waals surface area (Å²) in [6, 6.07) is 8.40. The lowest BCUT2D eigenvalue weighted by Crippen LogP contribution is -2.36. The Morgan fingerprint density at radius 3 is 2.83 bits per heavy atom. The van der Waals surface area contributed by atoms with Crippen LogP contribution in [0.3, 0.4) is 0 Å². The van der Waals surface area contributed by atoms with Crippen molar-refractivity contribution in [3.63, 3.8) is 0 Å². The summed E-state index contributed by atoms with van der Waals surface area (Å²) in [6.45, 7) is 6.50. The van der Waals surface area contributed by atoms with Gasteiger partial charge in [-0.25, -0.2) is 9.78 Å². The topological polar surface area (TPSA) is 54.0 Å². The average Bonchev–Trinajstić information content (AvgIpc) is 3.31. The molecule has 1 atom stereocenters. The van der Waals surface area contributed by atoms with E-state index in [0.717, 1.165) is 27.1 Å². The largest absolute Gasteiger partial charge is 0.332 e. The number of aryl methyl sites for hydroxylation is 2. The zero-order valence-corrected chi connectivity index (χ0v) is 14.7. The Morgan fingerprint density at radius 1 is 1.39 bits per heavy atom.